The zero-order valence-corrected chi connectivity index (χ0v) is 15.0. The Bertz CT molecular complexity index is 681. The van der Waals surface area contributed by atoms with Crippen LogP contribution in [0.15, 0.2) is 11.4 Å². The standard InChI is InChI=1S/C15H22N2O4S2/c1-11(18)14-9-12(10-22-14)15(19)16-7-6-13-5-3-4-8-17(13)23(2,20)21/h9-10,13H,3-8H2,1-2H3,(H,16,19)/t13-/m1/s1. The molecule has 0 unspecified atom stereocenters. The monoisotopic (exact) mass is 358 g/mol. The van der Waals surface area contributed by atoms with Crippen molar-refractivity contribution >= 4 is 33.1 Å². The van der Waals surface area contributed by atoms with E-state index in [4.69, 9.17) is 0 Å². The second-order valence-corrected chi connectivity index (χ2v) is 8.67. The number of rotatable bonds is 6. The van der Waals surface area contributed by atoms with Crippen LogP contribution in [0.5, 0.6) is 0 Å². The van der Waals surface area contributed by atoms with E-state index in [2.05, 4.69) is 5.32 Å². The molecule has 1 aromatic heterocycles. The summed E-state index contributed by atoms with van der Waals surface area (Å²) in [5, 5.41) is 4.47. The van der Waals surface area contributed by atoms with Gasteiger partial charge in [0.15, 0.2) is 5.78 Å². The summed E-state index contributed by atoms with van der Waals surface area (Å²) in [6, 6.07) is 1.54. The largest absolute Gasteiger partial charge is 0.352 e. The molecule has 1 amide bonds. The molecule has 1 saturated heterocycles. The fraction of sp³-hybridized carbons (Fsp3) is 0.600. The molecule has 1 atom stereocenters. The number of amides is 1. The number of carbonyl (C=O) groups is 2. The van der Waals surface area contributed by atoms with Crippen molar-refractivity contribution in [3.63, 3.8) is 0 Å². The van der Waals surface area contributed by atoms with Gasteiger partial charge in [-0.15, -0.1) is 11.3 Å². The number of thiophene rings is 1. The molecule has 0 aliphatic carbocycles. The Labute approximate surface area is 140 Å². The molecule has 1 fully saturated rings. The lowest BCUT2D eigenvalue weighted by Crippen LogP contribution is -2.44. The quantitative estimate of drug-likeness (QED) is 0.787. The van der Waals surface area contributed by atoms with Crippen molar-refractivity contribution in [2.45, 2.75) is 38.6 Å². The first kappa shape index (κ1) is 18.1. The van der Waals surface area contributed by atoms with Gasteiger partial charge in [0, 0.05) is 24.5 Å². The summed E-state index contributed by atoms with van der Waals surface area (Å²) in [6.07, 6.45) is 4.56. The predicted octanol–water partition coefficient (Wildman–Crippen LogP) is 1.88. The molecule has 0 aromatic carbocycles. The van der Waals surface area contributed by atoms with Gasteiger partial charge in [0.05, 0.1) is 16.7 Å². The predicted molar refractivity (Wildman–Crippen MR) is 90.5 cm³/mol. The highest BCUT2D eigenvalue weighted by Crippen LogP contribution is 2.22. The molecule has 6 nitrogen and oxygen atoms in total. The summed E-state index contributed by atoms with van der Waals surface area (Å²) in [5.41, 5.74) is 0.476. The van der Waals surface area contributed by atoms with Crippen LogP contribution in [0.1, 0.15) is 52.6 Å². The first-order valence-electron chi connectivity index (χ1n) is 7.63. The molecule has 8 heteroatoms. The average molecular weight is 358 g/mol. The molecular weight excluding hydrogens is 336 g/mol. The lowest BCUT2D eigenvalue weighted by molar-refractivity contribution is 0.0950. The van der Waals surface area contributed by atoms with E-state index >= 15 is 0 Å². The summed E-state index contributed by atoms with van der Waals surface area (Å²) < 4.78 is 25.1. The molecule has 0 radical (unpaired) electrons. The molecule has 1 N–H and O–H groups in total. The summed E-state index contributed by atoms with van der Waals surface area (Å²) in [5.74, 6) is -0.282. The lowest BCUT2D eigenvalue weighted by Gasteiger charge is -2.33. The van der Waals surface area contributed by atoms with Gasteiger partial charge in [-0.05, 0) is 32.3 Å². The first-order chi connectivity index (χ1) is 10.8. The van der Waals surface area contributed by atoms with Gasteiger partial charge in [0.25, 0.3) is 5.91 Å². The Balaban J connectivity index is 1.87. The third-order valence-electron chi connectivity index (χ3n) is 3.97. The average Bonchev–Trinajstić information content (AvgIpc) is 2.96. The highest BCUT2D eigenvalue weighted by Gasteiger charge is 2.28. The molecule has 1 aliphatic rings. The van der Waals surface area contributed by atoms with Crippen LogP contribution in [0, 0.1) is 0 Å². The Hall–Kier alpha value is -1.25. The van der Waals surface area contributed by atoms with E-state index in [0.29, 0.717) is 30.0 Å². The van der Waals surface area contributed by atoms with Gasteiger partial charge in [-0.2, -0.15) is 4.31 Å². The van der Waals surface area contributed by atoms with Gasteiger partial charge in [0.1, 0.15) is 0 Å². The van der Waals surface area contributed by atoms with E-state index in [1.807, 2.05) is 0 Å². The normalized spacial score (nSPS) is 19.5. The topological polar surface area (TPSA) is 83.6 Å². The molecular formula is C15H22N2O4S2. The van der Waals surface area contributed by atoms with Gasteiger partial charge in [-0.3, -0.25) is 9.59 Å². The van der Waals surface area contributed by atoms with Crippen molar-refractivity contribution in [2.24, 2.45) is 0 Å². The minimum Gasteiger partial charge on any atom is -0.352 e. The van der Waals surface area contributed by atoms with Crippen molar-refractivity contribution in [3.8, 4) is 0 Å². The Morgan fingerprint density at radius 2 is 2.13 bits per heavy atom. The highest BCUT2D eigenvalue weighted by molar-refractivity contribution is 7.88. The van der Waals surface area contributed by atoms with Crippen LogP contribution in [0.25, 0.3) is 0 Å². The Kier molecular flexibility index (Phi) is 5.94. The zero-order chi connectivity index (χ0) is 17.0. The molecule has 2 rings (SSSR count). The van der Waals surface area contributed by atoms with Crippen LogP contribution in [-0.2, 0) is 10.0 Å². The van der Waals surface area contributed by atoms with Crippen LogP contribution in [-0.4, -0.2) is 49.8 Å². The molecule has 0 saturated carbocycles. The number of Topliss-reactive ketones (excluding diaryl/α,β-unsaturated/α-hetero) is 1. The van der Waals surface area contributed by atoms with Gasteiger partial charge in [-0.1, -0.05) is 6.42 Å². The van der Waals surface area contributed by atoms with Crippen molar-refractivity contribution in [1.82, 2.24) is 9.62 Å². The summed E-state index contributed by atoms with van der Waals surface area (Å²) in [4.78, 5) is 23.9. The maximum Gasteiger partial charge on any atom is 0.252 e. The number of carbonyl (C=O) groups excluding carboxylic acids is 2. The number of hydrogen-bond donors (Lipinski definition) is 1. The molecule has 0 bridgehead atoms. The zero-order valence-electron chi connectivity index (χ0n) is 13.4. The molecule has 1 aliphatic heterocycles. The second kappa shape index (κ2) is 7.55. The van der Waals surface area contributed by atoms with E-state index in [9.17, 15) is 18.0 Å². The van der Waals surface area contributed by atoms with E-state index in [1.54, 1.807) is 15.8 Å². The second-order valence-electron chi connectivity index (χ2n) is 5.82. The van der Waals surface area contributed by atoms with E-state index in [-0.39, 0.29) is 17.7 Å². The number of sulfonamides is 1. The van der Waals surface area contributed by atoms with Crippen molar-refractivity contribution in [2.75, 3.05) is 19.3 Å². The van der Waals surface area contributed by atoms with E-state index < -0.39 is 10.0 Å². The molecule has 1 aromatic rings. The summed E-state index contributed by atoms with van der Waals surface area (Å²) in [6.45, 7) is 2.45. The molecule has 23 heavy (non-hydrogen) atoms. The summed E-state index contributed by atoms with van der Waals surface area (Å²) >= 11 is 1.25. The van der Waals surface area contributed by atoms with Crippen molar-refractivity contribution in [3.05, 3.63) is 21.9 Å². The fourth-order valence-corrected chi connectivity index (χ4v) is 4.80. The van der Waals surface area contributed by atoms with Crippen LogP contribution in [0.2, 0.25) is 0 Å². The van der Waals surface area contributed by atoms with Gasteiger partial charge in [0.2, 0.25) is 10.0 Å². The lowest BCUT2D eigenvalue weighted by atomic mass is 10.0. The number of piperidine rings is 1. The minimum absolute atomic E-state index is 0.0469. The number of nitrogens with one attached hydrogen (secondary N) is 1. The smallest absolute Gasteiger partial charge is 0.252 e. The maximum absolute atomic E-state index is 12.1. The minimum atomic E-state index is -3.20. The van der Waals surface area contributed by atoms with Gasteiger partial charge >= 0.3 is 0 Å². The molecule has 0 spiro atoms. The van der Waals surface area contributed by atoms with Crippen molar-refractivity contribution < 1.29 is 18.0 Å². The van der Waals surface area contributed by atoms with Crippen molar-refractivity contribution in [1.29, 1.82) is 0 Å². The number of nitrogens with zero attached hydrogens (tertiary/aromatic N) is 1. The highest BCUT2D eigenvalue weighted by atomic mass is 32.2. The Morgan fingerprint density at radius 3 is 2.74 bits per heavy atom. The first-order valence-corrected chi connectivity index (χ1v) is 10.4. The van der Waals surface area contributed by atoms with Gasteiger partial charge < -0.3 is 5.32 Å². The van der Waals surface area contributed by atoms with E-state index in [0.717, 1.165) is 19.3 Å². The fourth-order valence-electron chi connectivity index (χ4n) is 2.79. The molecule has 128 valence electrons. The third kappa shape index (κ3) is 4.86. The maximum atomic E-state index is 12.1. The van der Waals surface area contributed by atoms with Crippen LogP contribution in [0.4, 0.5) is 0 Å². The number of hydrogen-bond acceptors (Lipinski definition) is 5. The SMILES string of the molecule is CC(=O)c1cc(C(=O)NCC[C@H]2CCCCN2S(C)(=O)=O)cs1. The van der Waals surface area contributed by atoms with Crippen LogP contribution < -0.4 is 5.32 Å². The van der Waals surface area contributed by atoms with Crippen LogP contribution in [0.3, 0.4) is 0 Å². The molecule has 2 heterocycles. The third-order valence-corrected chi connectivity index (χ3v) is 6.33. The van der Waals surface area contributed by atoms with Gasteiger partial charge in [-0.25, -0.2) is 8.42 Å². The van der Waals surface area contributed by atoms with E-state index in [1.165, 1.54) is 24.5 Å². The number of ketones is 1. The summed E-state index contributed by atoms with van der Waals surface area (Å²) in [7, 11) is -3.20. The Morgan fingerprint density at radius 1 is 1.39 bits per heavy atom. The van der Waals surface area contributed by atoms with Crippen LogP contribution >= 0.6 is 11.3 Å².